The number of amides is 3. The lowest BCUT2D eigenvalue weighted by Gasteiger charge is -2.30. The summed E-state index contributed by atoms with van der Waals surface area (Å²) in [5.74, 6) is -1.11. The van der Waals surface area contributed by atoms with Crippen LogP contribution in [-0.2, 0) is 20.9 Å². The lowest BCUT2D eigenvalue weighted by Crippen LogP contribution is -2.43. The topological polar surface area (TPSA) is 92.7 Å². The second-order valence-electron chi connectivity index (χ2n) is 9.21. The Bertz CT molecular complexity index is 1440. The van der Waals surface area contributed by atoms with E-state index in [1.165, 1.54) is 0 Å². The fourth-order valence-electron chi connectivity index (χ4n) is 4.97. The van der Waals surface area contributed by atoms with E-state index in [0.717, 1.165) is 34.0 Å². The van der Waals surface area contributed by atoms with E-state index < -0.39 is 5.97 Å². The first-order chi connectivity index (χ1) is 18.0. The number of benzene rings is 3. The van der Waals surface area contributed by atoms with Gasteiger partial charge in [-0.15, -0.1) is 0 Å². The number of urea groups is 1. The fourth-order valence-corrected chi connectivity index (χ4v) is 4.97. The molecule has 8 nitrogen and oxygen atoms in total. The Kier molecular flexibility index (Phi) is 7.07. The van der Waals surface area contributed by atoms with E-state index in [9.17, 15) is 14.4 Å². The number of esters is 1. The van der Waals surface area contributed by atoms with Gasteiger partial charge in [0.2, 0.25) is 0 Å². The van der Waals surface area contributed by atoms with Gasteiger partial charge in [0, 0.05) is 52.8 Å². The van der Waals surface area contributed by atoms with Crippen LogP contribution in [0, 0.1) is 5.92 Å². The zero-order valence-electron chi connectivity index (χ0n) is 20.8. The Morgan fingerprint density at radius 3 is 2.30 bits per heavy atom. The second-order valence-corrected chi connectivity index (χ2v) is 9.21. The normalized spacial score (nSPS) is 14.0. The predicted molar refractivity (Wildman–Crippen MR) is 144 cm³/mol. The Labute approximate surface area is 215 Å². The van der Waals surface area contributed by atoms with E-state index in [1.54, 1.807) is 4.90 Å². The second kappa shape index (κ2) is 10.7. The van der Waals surface area contributed by atoms with Crippen LogP contribution in [0.25, 0.3) is 21.8 Å². The van der Waals surface area contributed by atoms with Gasteiger partial charge < -0.3 is 24.8 Å². The highest BCUT2D eigenvalue weighted by atomic mass is 16.5. The summed E-state index contributed by atoms with van der Waals surface area (Å²) < 4.78 is 7.56. The van der Waals surface area contributed by atoms with Crippen molar-refractivity contribution in [2.75, 3.05) is 30.3 Å². The van der Waals surface area contributed by atoms with Crippen LogP contribution in [0.3, 0.4) is 0 Å². The van der Waals surface area contributed by atoms with Gasteiger partial charge in [0.05, 0.1) is 5.92 Å². The molecule has 3 amide bonds. The van der Waals surface area contributed by atoms with Gasteiger partial charge in [-0.2, -0.15) is 0 Å². The van der Waals surface area contributed by atoms with Crippen molar-refractivity contribution in [2.45, 2.75) is 26.3 Å². The maximum Gasteiger partial charge on any atom is 0.321 e. The molecule has 1 aliphatic heterocycles. The van der Waals surface area contributed by atoms with Crippen molar-refractivity contribution in [3.63, 3.8) is 0 Å². The number of aromatic nitrogens is 1. The van der Waals surface area contributed by atoms with Gasteiger partial charge in [0.15, 0.2) is 6.61 Å². The Balaban J connectivity index is 1.12. The van der Waals surface area contributed by atoms with Gasteiger partial charge >= 0.3 is 12.0 Å². The van der Waals surface area contributed by atoms with Crippen molar-refractivity contribution in [1.29, 1.82) is 0 Å². The highest BCUT2D eigenvalue weighted by Gasteiger charge is 2.29. The minimum Gasteiger partial charge on any atom is -0.455 e. The molecule has 4 aromatic rings. The molecule has 190 valence electrons. The average Bonchev–Trinajstić information content (AvgIpc) is 3.25. The molecule has 5 rings (SSSR count). The Morgan fingerprint density at radius 2 is 1.54 bits per heavy atom. The summed E-state index contributed by atoms with van der Waals surface area (Å²) in [4.78, 5) is 39.2. The van der Waals surface area contributed by atoms with Gasteiger partial charge in [-0.3, -0.25) is 9.59 Å². The molecule has 1 aromatic heterocycles. The first-order valence-electron chi connectivity index (χ1n) is 12.6. The number of rotatable bonds is 6. The van der Waals surface area contributed by atoms with Gasteiger partial charge in [0.1, 0.15) is 0 Å². The fraction of sp³-hybridized carbons (Fsp3) is 0.276. The van der Waals surface area contributed by atoms with E-state index in [-0.39, 0.29) is 24.5 Å². The number of aryl methyl sites for hydroxylation is 1. The van der Waals surface area contributed by atoms with Crippen molar-refractivity contribution in [2.24, 2.45) is 5.92 Å². The highest BCUT2D eigenvalue weighted by Crippen LogP contribution is 2.31. The molecule has 0 bridgehead atoms. The van der Waals surface area contributed by atoms with Gasteiger partial charge in [-0.05, 0) is 56.2 Å². The number of carbonyl (C=O) groups excluding carboxylic acids is 3. The highest BCUT2D eigenvalue weighted by molar-refractivity contribution is 6.09. The molecule has 0 aliphatic carbocycles. The van der Waals surface area contributed by atoms with Crippen LogP contribution in [0.15, 0.2) is 72.8 Å². The lowest BCUT2D eigenvalue weighted by molar-refractivity contribution is -0.152. The van der Waals surface area contributed by atoms with Crippen LogP contribution >= 0.6 is 0 Å². The molecular formula is C29H30N4O4. The number of anilines is 2. The van der Waals surface area contributed by atoms with Crippen LogP contribution in [0.1, 0.15) is 19.8 Å². The molecular weight excluding hydrogens is 468 g/mol. The van der Waals surface area contributed by atoms with Crippen molar-refractivity contribution < 1.29 is 19.1 Å². The minimum absolute atomic E-state index is 0.184. The van der Waals surface area contributed by atoms with Crippen molar-refractivity contribution >= 4 is 51.1 Å². The molecule has 0 unspecified atom stereocenters. The summed E-state index contributed by atoms with van der Waals surface area (Å²) in [5.41, 5.74) is 3.65. The van der Waals surface area contributed by atoms with Crippen molar-refractivity contribution in [3.8, 4) is 0 Å². The molecule has 1 saturated heterocycles. The third kappa shape index (κ3) is 5.28. The molecule has 0 radical (unpaired) electrons. The van der Waals surface area contributed by atoms with Crippen LogP contribution in [0.2, 0.25) is 0 Å². The van der Waals surface area contributed by atoms with E-state index in [0.29, 0.717) is 31.6 Å². The molecule has 0 atom stereocenters. The molecule has 8 heteroatoms. The zero-order chi connectivity index (χ0) is 25.8. The van der Waals surface area contributed by atoms with E-state index in [1.807, 2.05) is 60.7 Å². The van der Waals surface area contributed by atoms with Crippen molar-refractivity contribution in [3.05, 3.63) is 72.8 Å². The summed E-state index contributed by atoms with van der Waals surface area (Å²) in [6.07, 6.45) is 1.00. The van der Waals surface area contributed by atoms with Gasteiger partial charge in [-0.25, -0.2) is 4.79 Å². The number of nitrogens with zero attached hydrogens (tertiary/aromatic N) is 2. The standard InChI is InChI=1S/C29H30N4O4/c1-2-33-25-11-7-6-10-23(25)24-18-22(12-13-26(24)33)30-27(34)19-37-28(35)20-14-16-32(17-15-20)29(36)31-21-8-4-3-5-9-21/h3-13,18,20H,2,14-17,19H2,1H3,(H,30,34)(H,31,36). The molecule has 0 saturated carbocycles. The quantitative estimate of drug-likeness (QED) is 0.356. The third-order valence-corrected chi connectivity index (χ3v) is 6.86. The number of hydrogen-bond donors (Lipinski definition) is 2. The number of likely N-dealkylation sites (tertiary alicyclic amines) is 1. The zero-order valence-corrected chi connectivity index (χ0v) is 20.8. The average molecular weight is 499 g/mol. The maximum atomic E-state index is 12.6. The number of carbonyl (C=O) groups is 3. The van der Waals surface area contributed by atoms with Crippen molar-refractivity contribution in [1.82, 2.24) is 9.47 Å². The smallest absolute Gasteiger partial charge is 0.321 e. The summed E-state index contributed by atoms with van der Waals surface area (Å²) in [5, 5.41) is 7.90. The molecule has 1 aliphatic rings. The van der Waals surface area contributed by atoms with Crippen LogP contribution in [0.4, 0.5) is 16.2 Å². The number of piperidine rings is 1. The maximum absolute atomic E-state index is 12.6. The SMILES string of the molecule is CCn1c2ccccc2c2cc(NC(=O)COC(=O)C3CCN(C(=O)Nc4ccccc4)CC3)ccc21. The third-order valence-electron chi connectivity index (χ3n) is 6.86. The van der Waals surface area contributed by atoms with Crippen LogP contribution in [0.5, 0.6) is 0 Å². The van der Waals surface area contributed by atoms with Gasteiger partial charge in [0.25, 0.3) is 5.91 Å². The molecule has 3 aromatic carbocycles. The number of nitrogens with one attached hydrogen (secondary N) is 2. The summed E-state index contributed by atoms with van der Waals surface area (Å²) >= 11 is 0. The Hall–Kier alpha value is -4.33. The number of hydrogen-bond acceptors (Lipinski definition) is 4. The summed E-state index contributed by atoms with van der Waals surface area (Å²) in [6, 6.07) is 23.1. The van der Waals surface area contributed by atoms with E-state index >= 15 is 0 Å². The lowest BCUT2D eigenvalue weighted by atomic mass is 9.97. The molecule has 0 spiro atoms. The number of para-hydroxylation sites is 2. The Morgan fingerprint density at radius 1 is 0.838 bits per heavy atom. The largest absolute Gasteiger partial charge is 0.455 e. The van der Waals surface area contributed by atoms with Gasteiger partial charge in [-0.1, -0.05) is 36.4 Å². The minimum atomic E-state index is -0.403. The molecule has 1 fully saturated rings. The number of ether oxygens (including phenoxy) is 1. The van der Waals surface area contributed by atoms with E-state index in [2.05, 4.69) is 34.3 Å². The summed E-state index contributed by atoms with van der Waals surface area (Å²) in [7, 11) is 0. The van der Waals surface area contributed by atoms with Crippen LogP contribution in [-0.4, -0.2) is 47.1 Å². The number of fused-ring (bicyclic) bond motifs is 3. The predicted octanol–water partition coefficient (Wildman–Crippen LogP) is 5.24. The molecule has 37 heavy (non-hydrogen) atoms. The molecule has 2 heterocycles. The first-order valence-corrected chi connectivity index (χ1v) is 12.6. The first kappa shape index (κ1) is 24.4. The molecule has 2 N–H and O–H groups in total. The summed E-state index contributed by atoms with van der Waals surface area (Å²) in [6.45, 7) is 3.52. The van der Waals surface area contributed by atoms with E-state index in [4.69, 9.17) is 4.74 Å². The monoisotopic (exact) mass is 498 g/mol. The van der Waals surface area contributed by atoms with Crippen LogP contribution < -0.4 is 10.6 Å².